The maximum Gasteiger partial charge on any atom is 0.167 e. The molecule has 62 heavy (non-hydrogen) atoms. The molecule has 12 heteroatoms. The highest BCUT2D eigenvalue weighted by molar-refractivity contribution is 7.99. The summed E-state index contributed by atoms with van der Waals surface area (Å²) in [5, 5.41) is 14.9. The fraction of sp³-hybridized carbons (Fsp3) is 0.520. The van der Waals surface area contributed by atoms with Crippen molar-refractivity contribution in [2.24, 2.45) is 22.9 Å². The summed E-state index contributed by atoms with van der Waals surface area (Å²) in [5.41, 5.74) is 28.9. The number of unbranched alkanes of at least 4 members (excludes halogenated alkanes) is 4. The second-order valence-corrected chi connectivity index (χ2v) is 20.6. The Morgan fingerprint density at radius 3 is 1.18 bits per heavy atom. The lowest BCUT2D eigenvalue weighted by molar-refractivity contribution is -0.119. The maximum absolute atomic E-state index is 14.2. The third-order valence-electron chi connectivity index (χ3n) is 10.7. The van der Waals surface area contributed by atoms with Gasteiger partial charge in [-0.05, 0) is 76.0 Å². The second-order valence-electron chi connectivity index (χ2n) is 18.4. The molecule has 0 saturated heterocycles. The summed E-state index contributed by atoms with van der Waals surface area (Å²) < 4.78 is 0. The molecule has 0 aliphatic rings. The Kier molecular flexibility index (Phi) is 21.3. The monoisotopic (exact) mass is 885 g/mol. The molecular weight excluding hydrogens is 813 g/mol. The molecule has 0 heterocycles. The number of hydrogen-bond acceptors (Lipinski definition) is 10. The van der Waals surface area contributed by atoms with Crippen molar-refractivity contribution in [1.29, 1.82) is 10.8 Å². The van der Waals surface area contributed by atoms with Crippen LogP contribution in [0.4, 0.5) is 0 Å². The lowest BCUT2D eigenvalue weighted by Gasteiger charge is -2.24. The summed E-state index contributed by atoms with van der Waals surface area (Å²) in [4.78, 5) is 57.0. The molecule has 0 atom stereocenters. The Bertz CT molecular complexity index is 1910. The first kappa shape index (κ1) is 52.2. The molecule has 0 aromatic heterocycles. The molecule has 0 spiro atoms. The molecule has 338 valence electrons. The van der Waals surface area contributed by atoms with Gasteiger partial charge in [0.05, 0.1) is 11.7 Å². The van der Waals surface area contributed by atoms with Crippen molar-refractivity contribution in [3.8, 4) is 0 Å². The van der Waals surface area contributed by atoms with Crippen molar-refractivity contribution >= 4 is 58.3 Å². The number of carbonyl (C=O) groups is 4. The van der Waals surface area contributed by atoms with Crippen molar-refractivity contribution in [2.45, 2.75) is 152 Å². The quantitative estimate of drug-likeness (QED) is 0.0133. The number of benzene rings is 3. The molecule has 0 bridgehead atoms. The molecule has 0 amide bonds. The first-order valence-electron chi connectivity index (χ1n) is 22.1. The van der Waals surface area contributed by atoms with Gasteiger partial charge in [-0.25, -0.2) is 0 Å². The zero-order valence-corrected chi connectivity index (χ0v) is 39.7. The largest absolute Gasteiger partial charge is 0.388 e. The number of hydrogen-bond donors (Lipinski definition) is 6. The lowest BCUT2D eigenvalue weighted by Crippen LogP contribution is -2.17. The van der Waals surface area contributed by atoms with Crippen LogP contribution in [0.2, 0.25) is 0 Å². The van der Waals surface area contributed by atoms with Crippen LogP contribution in [0.15, 0.2) is 58.3 Å². The molecule has 0 aliphatic heterocycles. The second kappa shape index (κ2) is 25.3. The van der Waals surface area contributed by atoms with Gasteiger partial charge in [0, 0.05) is 96.9 Å². The molecule has 0 fully saturated rings. The van der Waals surface area contributed by atoms with Crippen molar-refractivity contribution in [3.63, 3.8) is 0 Å². The zero-order chi connectivity index (χ0) is 46.0. The summed E-state index contributed by atoms with van der Waals surface area (Å²) >= 11 is 3.15. The zero-order valence-electron chi connectivity index (χ0n) is 38.1. The van der Waals surface area contributed by atoms with Gasteiger partial charge in [-0.1, -0.05) is 96.8 Å². The van der Waals surface area contributed by atoms with Crippen molar-refractivity contribution in [2.75, 3.05) is 24.6 Å². The van der Waals surface area contributed by atoms with Gasteiger partial charge in [0.2, 0.25) is 0 Å². The molecule has 0 radical (unpaired) electrons. The SMILES string of the molecule is CC(C)(C)c1cc(CC(=O)CCCCCC(=N)N)c(SCCN)c(CC(=O)c2cccc(C(=O)Cc3cc(C(C)(C)C)cc(CC(=O)CCCCCC(=N)N)c3SCCN)c2)c1. The van der Waals surface area contributed by atoms with E-state index in [-0.39, 0.29) is 71.3 Å². The van der Waals surface area contributed by atoms with Crippen molar-refractivity contribution in [3.05, 3.63) is 93.0 Å². The summed E-state index contributed by atoms with van der Waals surface area (Å²) in [6.45, 7) is 13.6. The van der Waals surface area contributed by atoms with Crippen LogP contribution in [0.25, 0.3) is 0 Å². The van der Waals surface area contributed by atoms with E-state index in [9.17, 15) is 19.2 Å². The van der Waals surface area contributed by atoms with Gasteiger partial charge in [0.25, 0.3) is 0 Å². The van der Waals surface area contributed by atoms with Crippen molar-refractivity contribution in [1.82, 2.24) is 0 Å². The highest BCUT2D eigenvalue weighted by Crippen LogP contribution is 2.36. The van der Waals surface area contributed by atoms with Crippen LogP contribution < -0.4 is 22.9 Å². The molecule has 0 saturated carbocycles. The highest BCUT2D eigenvalue weighted by atomic mass is 32.2. The molecule has 0 unspecified atom stereocenters. The van der Waals surface area contributed by atoms with Crippen LogP contribution >= 0.6 is 23.5 Å². The van der Waals surface area contributed by atoms with Gasteiger partial charge in [-0.15, -0.1) is 23.5 Å². The Morgan fingerprint density at radius 2 is 0.855 bits per heavy atom. The Labute approximate surface area is 379 Å². The molecule has 10 nitrogen and oxygen atoms in total. The topological polar surface area (TPSA) is 220 Å². The number of amidine groups is 2. The maximum atomic E-state index is 14.2. The van der Waals surface area contributed by atoms with Crippen LogP contribution in [0.1, 0.15) is 160 Å². The van der Waals surface area contributed by atoms with Gasteiger partial charge in [-0.2, -0.15) is 0 Å². The van der Waals surface area contributed by atoms with E-state index < -0.39 is 0 Å². The third kappa shape index (κ3) is 17.6. The van der Waals surface area contributed by atoms with Gasteiger partial charge in [-0.3, -0.25) is 30.0 Å². The van der Waals surface area contributed by atoms with E-state index in [1.165, 1.54) is 0 Å². The van der Waals surface area contributed by atoms with Gasteiger partial charge < -0.3 is 22.9 Å². The van der Waals surface area contributed by atoms with E-state index in [2.05, 4.69) is 65.8 Å². The minimum absolute atomic E-state index is 0.0995. The molecular formula is C50H72N6O4S2. The highest BCUT2D eigenvalue weighted by Gasteiger charge is 2.25. The minimum Gasteiger partial charge on any atom is -0.388 e. The molecule has 0 aliphatic carbocycles. The van der Waals surface area contributed by atoms with Gasteiger partial charge in [0.1, 0.15) is 11.6 Å². The summed E-state index contributed by atoms with van der Waals surface area (Å²) in [5.74, 6) is 1.60. The molecule has 10 N–H and O–H groups in total. The number of thioether (sulfide) groups is 2. The van der Waals surface area contributed by atoms with Crippen LogP contribution in [-0.2, 0) is 46.1 Å². The van der Waals surface area contributed by atoms with E-state index in [0.29, 0.717) is 61.4 Å². The average molecular weight is 885 g/mol. The summed E-state index contributed by atoms with van der Waals surface area (Å²) in [7, 11) is 0. The minimum atomic E-state index is -0.235. The predicted octanol–water partition coefficient (Wildman–Crippen LogP) is 9.23. The summed E-state index contributed by atoms with van der Waals surface area (Å²) in [6, 6.07) is 15.3. The number of carbonyl (C=O) groups excluding carboxylic acids is 4. The van der Waals surface area contributed by atoms with E-state index in [1.807, 2.05) is 0 Å². The molecule has 3 aromatic rings. The Hall–Kier alpha value is -4.10. The number of Topliss-reactive ketones (excluding diaryl/α,β-unsaturated/α-hetero) is 4. The fourth-order valence-electron chi connectivity index (χ4n) is 7.24. The first-order valence-corrected chi connectivity index (χ1v) is 24.0. The Morgan fingerprint density at radius 1 is 0.516 bits per heavy atom. The lowest BCUT2D eigenvalue weighted by atomic mass is 9.83. The van der Waals surface area contributed by atoms with Gasteiger partial charge >= 0.3 is 0 Å². The summed E-state index contributed by atoms with van der Waals surface area (Å²) in [6.07, 6.45) is 7.35. The number of rotatable bonds is 28. The number of nitrogens with one attached hydrogen (secondary N) is 2. The number of nitrogens with two attached hydrogens (primary N) is 4. The molecule has 3 rings (SSSR count). The van der Waals surface area contributed by atoms with Crippen LogP contribution in [0.3, 0.4) is 0 Å². The smallest absolute Gasteiger partial charge is 0.167 e. The fourth-order valence-corrected chi connectivity index (χ4v) is 9.15. The Balaban J connectivity index is 1.94. The molecule has 3 aromatic carbocycles. The van der Waals surface area contributed by atoms with Gasteiger partial charge in [0.15, 0.2) is 11.6 Å². The standard InChI is InChI=1S/C50H72N6O4S2/c1-49(2,3)39-25-35(29-41(57)16-9-7-11-18-45(53)54)47(61-22-20-51)37(27-39)31-43(59)33-14-13-15-34(24-33)44(60)32-38-28-40(50(4,5)6)26-36(48(38)62-23-21-52)30-42(58)17-10-8-12-19-46(55)56/h13-15,24-28H,7-12,16-23,29-32,51-52H2,1-6H3,(H3,53,54)(H3,55,56). The van der Waals surface area contributed by atoms with Crippen LogP contribution in [0.5, 0.6) is 0 Å². The van der Waals surface area contributed by atoms with Crippen molar-refractivity contribution < 1.29 is 19.2 Å². The van der Waals surface area contributed by atoms with E-state index in [1.54, 1.807) is 47.8 Å². The predicted molar refractivity (Wildman–Crippen MR) is 260 cm³/mol. The van der Waals surface area contributed by atoms with E-state index in [4.69, 9.17) is 33.8 Å². The van der Waals surface area contributed by atoms with E-state index >= 15 is 0 Å². The normalized spacial score (nSPS) is 11.7. The average Bonchev–Trinajstić information content (AvgIpc) is 3.18. The third-order valence-corrected chi connectivity index (χ3v) is 13.2. The van der Waals surface area contributed by atoms with Crippen LogP contribution in [0, 0.1) is 10.8 Å². The van der Waals surface area contributed by atoms with Crippen LogP contribution in [-0.4, -0.2) is 59.4 Å². The van der Waals surface area contributed by atoms with E-state index in [0.717, 1.165) is 81.7 Å². The first-order chi connectivity index (χ1) is 29.2. The number of ketones is 4.